The third-order valence-corrected chi connectivity index (χ3v) is 3.27. The zero-order chi connectivity index (χ0) is 15.1. The smallest absolute Gasteiger partial charge is 0.137 e. The van der Waals surface area contributed by atoms with E-state index in [9.17, 15) is 0 Å². The number of rotatable bonds is 6. The minimum Gasteiger partial charge on any atom is -0.491 e. The molecule has 0 amide bonds. The van der Waals surface area contributed by atoms with Crippen LogP contribution in [0.15, 0.2) is 48.5 Å². The van der Waals surface area contributed by atoms with Gasteiger partial charge in [-0.1, -0.05) is 42.0 Å². The molecule has 0 aliphatic carbocycles. The van der Waals surface area contributed by atoms with Crippen LogP contribution in [0.1, 0.15) is 16.7 Å². The summed E-state index contributed by atoms with van der Waals surface area (Å²) in [5.41, 5.74) is 3.16. The molecule has 0 spiro atoms. The van der Waals surface area contributed by atoms with E-state index in [4.69, 9.17) is 10.00 Å². The first-order chi connectivity index (χ1) is 10.2. The number of ether oxygens (including phenoxy) is 1. The highest BCUT2D eigenvalue weighted by Gasteiger charge is 2.04. The number of hydrogen-bond donors (Lipinski definition) is 0. The zero-order valence-electron chi connectivity index (χ0n) is 12.5. The Morgan fingerprint density at radius 3 is 2.71 bits per heavy atom. The van der Waals surface area contributed by atoms with Crippen LogP contribution in [0.4, 0.5) is 0 Å². The van der Waals surface area contributed by atoms with E-state index in [1.165, 1.54) is 11.1 Å². The quantitative estimate of drug-likeness (QED) is 0.814. The predicted octanol–water partition coefficient (Wildman–Crippen LogP) is 3.38. The Kier molecular flexibility index (Phi) is 5.36. The molecule has 0 radical (unpaired) electrons. The van der Waals surface area contributed by atoms with Crippen molar-refractivity contribution in [3.63, 3.8) is 0 Å². The summed E-state index contributed by atoms with van der Waals surface area (Å²) < 4.78 is 5.70. The fraction of sp³-hybridized carbons (Fsp3) is 0.278. The Hall–Kier alpha value is -2.31. The van der Waals surface area contributed by atoms with Crippen molar-refractivity contribution in [2.24, 2.45) is 0 Å². The molecule has 0 bridgehead atoms. The maximum Gasteiger partial charge on any atom is 0.137 e. The molecule has 3 heteroatoms. The van der Waals surface area contributed by atoms with Gasteiger partial charge in [0, 0.05) is 13.1 Å². The highest BCUT2D eigenvalue weighted by atomic mass is 16.5. The van der Waals surface area contributed by atoms with Crippen LogP contribution >= 0.6 is 0 Å². The third kappa shape index (κ3) is 4.62. The molecule has 2 rings (SSSR count). The van der Waals surface area contributed by atoms with Crippen LogP contribution in [-0.2, 0) is 6.54 Å². The van der Waals surface area contributed by atoms with Gasteiger partial charge >= 0.3 is 0 Å². The average molecular weight is 280 g/mol. The van der Waals surface area contributed by atoms with Crippen molar-refractivity contribution in [1.82, 2.24) is 4.90 Å². The van der Waals surface area contributed by atoms with E-state index < -0.39 is 0 Å². The second-order valence-electron chi connectivity index (χ2n) is 5.18. The summed E-state index contributed by atoms with van der Waals surface area (Å²) in [6.45, 7) is 4.38. The molecule has 21 heavy (non-hydrogen) atoms. The molecule has 0 heterocycles. The Labute approximate surface area is 126 Å². The minimum atomic E-state index is 0.570. The second kappa shape index (κ2) is 7.47. The zero-order valence-corrected chi connectivity index (χ0v) is 12.5. The number of aryl methyl sites for hydroxylation is 1. The molecular weight excluding hydrogens is 260 g/mol. The van der Waals surface area contributed by atoms with Gasteiger partial charge in [-0.15, -0.1) is 0 Å². The van der Waals surface area contributed by atoms with E-state index in [1.807, 2.05) is 18.2 Å². The van der Waals surface area contributed by atoms with Gasteiger partial charge in [-0.25, -0.2) is 0 Å². The predicted molar refractivity (Wildman–Crippen MR) is 84.2 cm³/mol. The van der Waals surface area contributed by atoms with Gasteiger partial charge < -0.3 is 4.74 Å². The lowest BCUT2D eigenvalue weighted by atomic mass is 10.1. The van der Waals surface area contributed by atoms with Crippen molar-refractivity contribution < 1.29 is 4.74 Å². The van der Waals surface area contributed by atoms with Crippen LogP contribution in [0.25, 0.3) is 0 Å². The molecule has 3 nitrogen and oxygen atoms in total. The summed E-state index contributed by atoms with van der Waals surface area (Å²) in [6, 6.07) is 18.0. The van der Waals surface area contributed by atoms with Crippen molar-refractivity contribution in [2.75, 3.05) is 20.2 Å². The number of hydrogen-bond acceptors (Lipinski definition) is 3. The Balaban J connectivity index is 1.82. The maximum atomic E-state index is 9.01. The van der Waals surface area contributed by atoms with Crippen molar-refractivity contribution in [1.29, 1.82) is 5.26 Å². The lowest BCUT2D eigenvalue weighted by Crippen LogP contribution is -2.24. The monoisotopic (exact) mass is 280 g/mol. The molecule has 2 aromatic rings. The summed E-state index contributed by atoms with van der Waals surface area (Å²) in [5.74, 6) is 0.656. The fourth-order valence-electron chi connectivity index (χ4n) is 2.20. The topological polar surface area (TPSA) is 36.3 Å². The van der Waals surface area contributed by atoms with Gasteiger partial charge in [0.15, 0.2) is 0 Å². The molecule has 0 atom stereocenters. The largest absolute Gasteiger partial charge is 0.491 e. The second-order valence-corrected chi connectivity index (χ2v) is 5.18. The van der Waals surface area contributed by atoms with Gasteiger partial charge in [0.25, 0.3) is 0 Å². The molecule has 0 saturated heterocycles. The lowest BCUT2D eigenvalue weighted by molar-refractivity contribution is 0.232. The summed E-state index contributed by atoms with van der Waals surface area (Å²) in [5, 5.41) is 9.01. The fourth-order valence-corrected chi connectivity index (χ4v) is 2.20. The van der Waals surface area contributed by atoms with Crippen LogP contribution in [-0.4, -0.2) is 25.1 Å². The van der Waals surface area contributed by atoms with E-state index in [1.54, 1.807) is 6.07 Å². The molecule has 0 fully saturated rings. The summed E-state index contributed by atoms with van der Waals surface area (Å²) in [6.07, 6.45) is 0. The molecule has 0 N–H and O–H groups in total. The van der Waals surface area contributed by atoms with Crippen LogP contribution in [0, 0.1) is 18.3 Å². The van der Waals surface area contributed by atoms with Crippen LogP contribution in [0.3, 0.4) is 0 Å². The maximum absolute atomic E-state index is 9.01. The number of benzene rings is 2. The molecular formula is C18H20N2O. The van der Waals surface area contributed by atoms with Gasteiger partial charge in [0.1, 0.15) is 18.4 Å². The summed E-state index contributed by atoms with van der Waals surface area (Å²) >= 11 is 0. The highest BCUT2D eigenvalue weighted by molar-refractivity contribution is 5.42. The molecule has 0 aliphatic heterocycles. The first kappa shape index (κ1) is 15.1. The minimum absolute atomic E-state index is 0.570. The first-order valence-corrected chi connectivity index (χ1v) is 7.05. The Morgan fingerprint density at radius 1 is 1.14 bits per heavy atom. The van der Waals surface area contributed by atoms with Gasteiger partial charge in [-0.2, -0.15) is 5.26 Å². The third-order valence-electron chi connectivity index (χ3n) is 3.27. The first-order valence-electron chi connectivity index (χ1n) is 7.05. The summed E-state index contributed by atoms with van der Waals surface area (Å²) in [4.78, 5) is 2.21. The SMILES string of the molecule is Cc1cccc(CN(C)CCOc2ccccc2C#N)c1. The van der Waals surface area contributed by atoms with Crippen molar-refractivity contribution in [3.05, 3.63) is 65.2 Å². The van der Waals surface area contributed by atoms with Crippen LogP contribution in [0.5, 0.6) is 5.75 Å². The van der Waals surface area contributed by atoms with Gasteiger partial charge in [-0.3, -0.25) is 4.90 Å². The molecule has 108 valence electrons. The number of nitrogens with zero attached hydrogens (tertiary/aromatic N) is 2. The van der Waals surface area contributed by atoms with E-state index in [-0.39, 0.29) is 0 Å². The molecule has 0 aromatic heterocycles. The standard InChI is InChI=1S/C18H20N2O/c1-15-6-5-7-16(12-15)14-20(2)10-11-21-18-9-4-3-8-17(18)13-19/h3-9,12H,10-11,14H2,1-2H3. The van der Waals surface area contributed by atoms with Crippen LogP contribution in [0.2, 0.25) is 0 Å². The van der Waals surface area contributed by atoms with Gasteiger partial charge in [-0.05, 0) is 31.7 Å². The molecule has 2 aromatic carbocycles. The highest BCUT2D eigenvalue weighted by Crippen LogP contribution is 2.16. The normalized spacial score (nSPS) is 10.4. The van der Waals surface area contributed by atoms with Crippen molar-refractivity contribution >= 4 is 0 Å². The van der Waals surface area contributed by atoms with E-state index in [2.05, 4.69) is 49.2 Å². The van der Waals surface area contributed by atoms with Crippen molar-refractivity contribution in [2.45, 2.75) is 13.5 Å². The molecule has 0 saturated carbocycles. The Morgan fingerprint density at radius 2 is 1.95 bits per heavy atom. The number of likely N-dealkylation sites (N-methyl/N-ethyl adjacent to an activating group) is 1. The average Bonchev–Trinajstić information content (AvgIpc) is 2.47. The molecule has 0 unspecified atom stereocenters. The summed E-state index contributed by atoms with van der Waals surface area (Å²) in [7, 11) is 2.07. The van der Waals surface area contributed by atoms with Gasteiger partial charge in [0.05, 0.1) is 5.56 Å². The molecule has 0 aliphatic rings. The number of nitriles is 1. The van der Waals surface area contributed by atoms with Crippen LogP contribution < -0.4 is 4.74 Å². The Bertz CT molecular complexity index is 631. The van der Waals surface area contributed by atoms with E-state index >= 15 is 0 Å². The van der Waals surface area contributed by atoms with Gasteiger partial charge in [0.2, 0.25) is 0 Å². The lowest BCUT2D eigenvalue weighted by Gasteiger charge is -2.17. The van der Waals surface area contributed by atoms with E-state index in [0.717, 1.165) is 13.1 Å². The van der Waals surface area contributed by atoms with E-state index in [0.29, 0.717) is 17.9 Å². The number of para-hydroxylation sites is 1. The van der Waals surface area contributed by atoms with Crippen molar-refractivity contribution in [3.8, 4) is 11.8 Å².